The van der Waals surface area contributed by atoms with Crippen LogP contribution in [-0.2, 0) is 10.0 Å². The third-order valence-corrected chi connectivity index (χ3v) is 1.09. The molecule has 4 heteroatoms. The van der Waals surface area contributed by atoms with E-state index in [9.17, 15) is 8.42 Å². The van der Waals surface area contributed by atoms with E-state index in [0.29, 0.717) is 0 Å². The summed E-state index contributed by atoms with van der Waals surface area (Å²) in [6.45, 7) is 3.50. The van der Waals surface area contributed by atoms with Gasteiger partial charge in [0.05, 0.1) is 6.26 Å². The van der Waals surface area contributed by atoms with Crippen LogP contribution in [-0.4, -0.2) is 21.2 Å². The van der Waals surface area contributed by atoms with Crippen molar-refractivity contribution in [3.63, 3.8) is 0 Å². The summed E-state index contributed by atoms with van der Waals surface area (Å²) in [6, 6.07) is 0. The van der Waals surface area contributed by atoms with Gasteiger partial charge in [0.2, 0.25) is 10.0 Å². The third kappa shape index (κ3) is 5.91. The van der Waals surface area contributed by atoms with Crippen LogP contribution >= 0.6 is 0 Å². The zero-order valence-corrected chi connectivity index (χ0v) is 4.96. The van der Waals surface area contributed by atoms with Gasteiger partial charge >= 0.3 is 0 Å². The summed E-state index contributed by atoms with van der Waals surface area (Å²) in [5, 5.41) is 0. The van der Waals surface area contributed by atoms with Gasteiger partial charge in [0.1, 0.15) is 0 Å². The number of hydrogen-bond donors (Lipinski definition) is 1. The number of sulfonamides is 1. The molecule has 0 bridgehead atoms. The van der Waals surface area contributed by atoms with Crippen LogP contribution in [0.25, 0.3) is 0 Å². The molecule has 1 radical (unpaired) electrons. The Morgan fingerprint density at radius 3 is 2.14 bits per heavy atom. The van der Waals surface area contributed by atoms with Crippen molar-refractivity contribution in [1.29, 1.82) is 0 Å². The van der Waals surface area contributed by atoms with Crippen molar-refractivity contribution in [3.05, 3.63) is 6.92 Å². The minimum absolute atomic E-state index is 0.221. The van der Waals surface area contributed by atoms with E-state index >= 15 is 0 Å². The van der Waals surface area contributed by atoms with Gasteiger partial charge in [-0.2, -0.15) is 0 Å². The summed E-state index contributed by atoms with van der Waals surface area (Å²) in [6.07, 6.45) is 1.10. The van der Waals surface area contributed by atoms with Crippen LogP contribution in [0.15, 0.2) is 0 Å². The van der Waals surface area contributed by atoms with Crippen LogP contribution in [0.5, 0.6) is 0 Å². The first-order chi connectivity index (χ1) is 3.06. The Morgan fingerprint density at radius 2 is 2.14 bits per heavy atom. The molecule has 0 atom stereocenters. The fraction of sp³-hybridized carbons (Fsp3) is 0.667. The van der Waals surface area contributed by atoms with Crippen LogP contribution in [0.3, 0.4) is 0 Å². The van der Waals surface area contributed by atoms with E-state index in [1.165, 1.54) is 0 Å². The Labute approximate surface area is 43.8 Å². The van der Waals surface area contributed by atoms with Crippen molar-refractivity contribution in [2.24, 2.45) is 0 Å². The number of rotatable bonds is 2. The van der Waals surface area contributed by atoms with E-state index < -0.39 is 10.0 Å². The molecule has 0 aliphatic carbocycles. The smallest absolute Gasteiger partial charge is 0.208 e. The van der Waals surface area contributed by atoms with Gasteiger partial charge in [-0.1, -0.05) is 0 Å². The van der Waals surface area contributed by atoms with E-state index in [2.05, 4.69) is 11.6 Å². The highest BCUT2D eigenvalue weighted by molar-refractivity contribution is 7.88. The molecule has 3 nitrogen and oxygen atoms in total. The molecule has 0 rings (SSSR count). The fourth-order valence-electron chi connectivity index (χ4n) is 0.185. The highest BCUT2D eigenvalue weighted by atomic mass is 32.2. The maximum Gasteiger partial charge on any atom is 0.208 e. The van der Waals surface area contributed by atoms with Crippen molar-refractivity contribution in [2.45, 2.75) is 0 Å². The summed E-state index contributed by atoms with van der Waals surface area (Å²) < 4.78 is 22.3. The Bertz CT molecular complexity index is 126. The van der Waals surface area contributed by atoms with E-state index in [4.69, 9.17) is 0 Å². The SMILES string of the molecule is [CH2]CNS(C)(=O)=O. The lowest BCUT2D eigenvalue weighted by molar-refractivity contribution is 0.591. The minimum Gasteiger partial charge on any atom is -0.215 e. The molecular formula is C3H8NO2S. The second-order valence-electron chi connectivity index (χ2n) is 1.17. The molecule has 1 N–H and O–H groups in total. The summed E-state index contributed by atoms with van der Waals surface area (Å²) in [7, 11) is -2.99. The maximum atomic E-state index is 10.1. The first-order valence-electron chi connectivity index (χ1n) is 1.80. The highest BCUT2D eigenvalue weighted by Crippen LogP contribution is 1.67. The van der Waals surface area contributed by atoms with Gasteiger partial charge in [0.15, 0.2) is 0 Å². The molecule has 0 unspecified atom stereocenters. The maximum absolute atomic E-state index is 10.1. The molecule has 0 saturated carbocycles. The molecule has 0 aliphatic rings. The van der Waals surface area contributed by atoms with Crippen LogP contribution in [0.4, 0.5) is 0 Å². The predicted octanol–water partition coefficient (Wildman–Crippen LogP) is -0.630. The zero-order chi connectivity index (χ0) is 5.91. The number of nitrogens with one attached hydrogen (secondary N) is 1. The molecule has 0 fully saturated rings. The first-order valence-corrected chi connectivity index (χ1v) is 3.69. The van der Waals surface area contributed by atoms with Crippen molar-refractivity contribution < 1.29 is 8.42 Å². The summed E-state index contributed by atoms with van der Waals surface area (Å²) in [4.78, 5) is 0. The van der Waals surface area contributed by atoms with Gasteiger partial charge in [0, 0.05) is 6.54 Å². The zero-order valence-electron chi connectivity index (χ0n) is 4.14. The molecule has 0 saturated heterocycles. The average Bonchev–Trinajstić information content (AvgIpc) is 1.30. The monoisotopic (exact) mass is 122 g/mol. The quantitative estimate of drug-likeness (QED) is 0.530. The minimum atomic E-state index is -2.99. The van der Waals surface area contributed by atoms with Gasteiger partial charge in [-0.05, 0) is 6.92 Å². The Balaban J connectivity index is 3.60. The van der Waals surface area contributed by atoms with Crippen molar-refractivity contribution in [3.8, 4) is 0 Å². The molecule has 7 heavy (non-hydrogen) atoms. The van der Waals surface area contributed by atoms with Crippen molar-refractivity contribution >= 4 is 10.0 Å². The molecule has 43 valence electrons. The molecular weight excluding hydrogens is 114 g/mol. The Hall–Kier alpha value is -0.0900. The Morgan fingerprint density at radius 1 is 1.71 bits per heavy atom. The van der Waals surface area contributed by atoms with Gasteiger partial charge in [-0.15, -0.1) is 0 Å². The van der Waals surface area contributed by atoms with Gasteiger partial charge < -0.3 is 0 Å². The molecule has 0 aromatic carbocycles. The van der Waals surface area contributed by atoms with Gasteiger partial charge in [-0.25, -0.2) is 13.1 Å². The lowest BCUT2D eigenvalue weighted by Gasteiger charge is -1.91. The second kappa shape index (κ2) is 2.28. The lowest BCUT2D eigenvalue weighted by Crippen LogP contribution is -2.20. The molecule has 0 spiro atoms. The highest BCUT2D eigenvalue weighted by Gasteiger charge is 1.92. The molecule has 0 heterocycles. The second-order valence-corrected chi connectivity index (χ2v) is 3.00. The largest absolute Gasteiger partial charge is 0.215 e. The van der Waals surface area contributed by atoms with Crippen molar-refractivity contribution in [1.82, 2.24) is 4.72 Å². The van der Waals surface area contributed by atoms with E-state index in [-0.39, 0.29) is 6.54 Å². The summed E-state index contributed by atoms with van der Waals surface area (Å²) in [5.74, 6) is 0. The molecule has 0 amide bonds. The lowest BCUT2D eigenvalue weighted by atomic mass is 10.8. The summed E-state index contributed by atoms with van der Waals surface area (Å²) in [5.41, 5.74) is 0. The predicted molar refractivity (Wildman–Crippen MR) is 28.2 cm³/mol. The van der Waals surface area contributed by atoms with Crippen LogP contribution < -0.4 is 4.72 Å². The topological polar surface area (TPSA) is 46.2 Å². The molecule has 0 aromatic rings. The first kappa shape index (κ1) is 6.91. The van der Waals surface area contributed by atoms with Crippen molar-refractivity contribution in [2.75, 3.05) is 12.8 Å². The molecule has 0 aliphatic heterocycles. The van der Waals surface area contributed by atoms with Gasteiger partial charge in [0.25, 0.3) is 0 Å². The standard InChI is InChI=1S/C3H8NO2S/c1-3-4-7(2,5)6/h4H,1,3H2,2H3. The Kier molecular flexibility index (Phi) is 2.25. The molecule has 0 aromatic heterocycles. The van der Waals surface area contributed by atoms with E-state index in [1.54, 1.807) is 0 Å². The van der Waals surface area contributed by atoms with Crippen LogP contribution in [0, 0.1) is 6.92 Å². The van der Waals surface area contributed by atoms with Crippen LogP contribution in [0.2, 0.25) is 0 Å². The van der Waals surface area contributed by atoms with E-state index in [1.807, 2.05) is 0 Å². The third-order valence-electron chi connectivity index (χ3n) is 0.364. The van der Waals surface area contributed by atoms with Crippen LogP contribution in [0.1, 0.15) is 0 Å². The van der Waals surface area contributed by atoms with Gasteiger partial charge in [-0.3, -0.25) is 0 Å². The average molecular weight is 122 g/mol. The normalized spacial score (nSPS) is 11.7. The number of hydrogen-bond acceptors (Lipinski definition) is 2. The van der Waals surface area contributed by atoms with E-state index in [0.717, 1.165) is 6.26 Å². The summed E-state index contributed by atoms with van der Waals surface area (Å²) >= 11 is 0. The fourth-order valence-corrected chi connectivity index (χ4v) is 0.556.